The second kappa shape index (κ2) is 8.66. The van der Waals surface area contributed by atoms with Crippen LogP contribution in [0.4, 0.5) is 0 Å². The molecule has 1 amide bonds. The molecule has 0 bridgehead atoms. The topological polar surface area (TPSA) is 79.3 Å². The van der Waals surface area contributed by atoms with E-state index in [-0.39, 0.29) is 41.2 Å². The molecule has 2 aromatic rings. The Morgan fingerprint density at radius 2 is 1.72 bits per heavy atom. The van der Waals surface area contributed by atoms with Crippen molar-refractivity contribution in [2.45, 2.75) is 65.3 Å². The first-order valence-corrected chi connectivity index (χ1v) is 10.4. The standard InChI is InChI=1S/C23H29BrN2O3/c1-22(2,3)17-13-18(24)15(12-20(17)28)11-16(27)9-14-7-8-25-19(10-14)21(29)26-23(4,5)6/h7-8,10,12-13,28H,9,11H2,1-6H3,(H,26,29). The third-order valence-corrected chi connectivity index (χ3v) is 5.05. The van der Waals surface area contributed by atoms with Gasteiger partial charge in [0.15, 0.2) is 0 Å². The van der Waals surface area contributed by atoms with Gasteiger partial charge in [-0.25, -0.2) is 0 Å². The Morgan fingerprint density at radius 3 is 2.31 bits per heavy atom. The highest BCUT2D eigenvalue weighted by molar-refractivity contribution is 9.10. The number of aromatic nitrogens is 1. The number of carbonyl (C=O) groups is 2. The van der Waals surface area contributed by atoms with E-state index < -0.39 is 0 Å². The molecule has 0 atom stereocenters. The minimum Gasteiger partial charge on any atom is -0.508 e. The third kappa shape index (κ3) is 6.67. The summed E-state index contributed by atoms with van der Waals surface area (Å²) in [5.41, 5.74) is 2.02. The SMILES string of the molecule is CC(C)(C)NC(=O)c1cc(CC(=O)Cc2cc(O)c(C(C)(C)C)cc2Br)ccn1. The lowest BCUT2D eigenvalue weighted by molar-refractivity contribution is -0.117. The van der Waals surface area contributed by atoms with Crippen molar-refractivity contribution < 1.29 is 14.7 Å². The highest BCUT2D eigenvalue weighted by atomic mass is 79.9. The number of Topliss-reactive ketones (excluding diaryl/α,β-unsaturated/α-hetero) is 1. The summed E-state index contributed by atoms with van der Waals surface area (Å²) in [5.74, 6) is -0.0900. The van der Waals surface area contributed by atoms with Crippen molar-refractivity contribution in [3.8, 4) is 5.75 Å². The molecule has 0 aliphatic carbocycles. The van der Waals surface area contributed by atoms with Gasteiger partial charge in [-0.3, -0.25) is 14.6 Å². The number of rotatable bonds is 5. The molecule has 1 aromatic carbocycles. The second-order valence-corrected chi connectivity index (χ2v) is 10.2. The molecule has 0 fully saturated rings. The molecular formula is C23H29BrN2O3. The maximum atomic E-state index is 12.6. The maximum absolute atomic E-state index is 12.6. The van der Waals surface area contributed by atoms with Gasteiger partial charge in [-0.1, -0.05) is 36.7 Å². The first kappa shape index (κ1) is 23.1. The lowest BCUT2D eigenvalue weighted by atomic mass is 9.85. The van der Waals surface area contributed by atoms with Gasteiger partial charge in [-0.05, 0) is 61.6 Å². The van der Waals surface area contributed by atoms with Gasteiger partial charge in [0, 0.05) is 34.6 Å². The number of phenols is 1. The zero-order valence-corrected chi connectivity index (χ0v) is 19.5. The molecular weight excluding hydrogens is 432 g/mol. The van der Waals surface area contributed by atoms with Crippen molar-refractivity contribution in [1.29, 1.82) is 0 Å². The van der Waals surface area contributed by atoms with Gasteiger partial charge in [0.25, 0.3) is 5.91 Å². The quantitative estimate of drug-likeness (QED) is 0.675. The minimum absolute atomic E-state index is 0.0120. The normalized spacial score (nSPS) is 12.0. The van der Waals surface area contributed by atoms with E-state index in [0.717, 1.165) is 21.2 Å². The molecule has 0 unspecified atom stereocenters. The van der Waals surface area contributed by atoms with Crippen LogP contribution in [0, 0.1) is 0 Å². The third-order valence-electron chi connectivity index (χ3n) is 4.31. The number of benzene rings is 1. The lowest BCUT2D eigenvalue weighted by Gasteiger charge is -2.21. The van der Waals surface area contributed by atoms with E-state index in [1.54, 1.807) is 24.4 Å². The van der Waals surface area contributed by atoms with Gasteiger partial charge in [-0.2, -0.15) is 0 Å². The first-order chi connectivity index (χ1) is 13.3. The van der Waals surface area contributed by atoms with Crippen LogP contribution in [-0.2, 0) is 23.1 Å². The number of phenolic OH excluding ortho intramolecular Hbond substituents is 1. The highest BCUT2D eigenvalue weighted by Gasteiger charge is 2.21. The van der Waals surface area contributed by atoms with E-state index in [4.69, 9.17) is 0 Å². The average molecular weight is 461 g/mol. The van der Waals surface area contributed by atoms with Crippen LogP contribution >= 0.6 is 15.9 Å². The predicted octanol–water partition coefficient (Wildman–Crippen LogP) is 4.73. The Bertz CT molecular complexity index is 925. The Balaban J connectivity index is 2.13. The van der Waals surface area contributed by atoms with Crippen molar-refractivity contribution in [1.82, 2.24) is 10.3 Å². The van der Waals surface area contributed by atoms with Crippen LogP contribution in [0.5, 0.6) is 5.75 Å². The first-order valence-electron chi connectivity index (χ1n) is 9.57. The molecule has 0 saturated carbocycles. The summed E-state index contributed by atoms with van der Waals surface area (Å²) < 4.78 is 0.800. The zero-order valence-electron chi connectivity index (χ0n) is 17.9. The van der Waals surface area contributed by atoms with Crippen molar-refractivity contribution in [2.75, 3.05) is 0 Å². The van der Waals surface area contributed by atoms with E-state index in [1.807, 2.05) is 47.6 Å². The van der Waals surface area contributed by atoms with Gasteiger partial charge in [0.2, 0.25) is 0 Å². The number of halogens is 1. The Hall–Kier alpha value is -2.21. The summed E-state index contributed by atoms with van der Waals surface area (Å²) >= 11 is 3.52. The summed E-state index contributed by atoms with van der Waals surface area (Å²) in [6.45, 7) is 11.8. The number of nitrogens with zero attached hydrogens (tertiary/aromatic N) is 1. The van der Waals surface area contributed by atoms with Crippen molar-refractivity contribution >= 4 is 27.6 Å². The Labute approximate surface area is 181 Å². The van der Waals surface area contributed by atoms with E-state index in [0.29, 0.717) is 5.69 Å². The van der Waals surface area contributed by atoms with Crippen molar-refractivity contribution in [2.24, 2.45) is 0 Å². The summed E-state index contributed by atoms with van der Waals surface area (Å²) in [7, 11) is 0. The summed E-state index contributed by atoms with van der Waals surface area (Å²) in [6.07, 6.45) is 1.91. The molecule has 1 aromatic heterocycles. The molecule has 0 aliphatic rings. The predicted molar refractivity (Wildman–Crippen MR) is 118 cm³/mol. The highest BCUT2D eigenvalue weighted by Crippen LogP contribution is 2.35. The number of hydrogen-bond donors (Lipinski definition) is 2. The fourth-order valence-corrected chi connectivity index (χ4v) is 3.44. The summed E-state index contributed by atoms with van der Waals surface area (Å²) in [4.78, 5) is 29.0. The number of nitrogens with one attached hydrogen (secondary N) is 1. The van der Waals surface area contributed by atoms with Gasteiger partial charge >= 0.3 is 0 Å². The van der Waals surface area contributed by atoms with Crippen LogP contribution < -0.4 is 5.32 Å². The minimum atomic E-state index is -0.363. The molecule has 0 spiro atoms. The van der Waals surface area contributed by atoms with Crippen LogP contribution in [0.25, 0.3) is 0 Å². The number of pyridine rings is 1. The second-order valence-electron chi connectivity index (χ2n) is 9.36. The lowest BCUT2D eigenvalue weighted by Crippen LogP contribution is -2.40. The number of aromatic hydroxyl groups is 1. The van der Waals surface area contributed by atoms with Gasteiger partial charge in [0.1, 0.15) is 17.2 Å². The van der Waals surface area contributed by atoms with E-state index in [9.17, 15) is 14.7 Å². The molecule has 0 saturated heterocycles. The van der Waals surface area contributed by atoms with E-state index in [1.165, 1.54) is 0 Å². The smallest absolute Gasteiger partial charge is 0.270 e. The van der Waals surface area contributed by atoms with Crippen LogP contribution in [-0.4, -0.2) is 27.3 Å². The molecule has 2 rings (SSSR count). The molecule has 2 N–H and O–H groups in total. The van der Waals surface area contributed by atoms with Crippen molar-refractivity contribution in [3.63, 3.8) is 0 Å². The van der Waals surface area contributed by atoms with Crippen molar-refractivity contribution in [3.05, 3.63) is 57.3 Å². The van der Waals surface area contributed by atoms with Crippen LogP contribution in [0.15, 0.2) is 34.9 Å². The largest absolute Gasteiger partial charge is 0.508 e. The molecule has 0 radical (unpaired) electrons. The van der Waals surface area contributed by atoms with Gasteiger partial charge < -0.3 is 10.4 Å². The maximum Gasteiger partial charge on any atom is 0.270 e. The number of hydrogen-bond acceptors (Lipinski definition) is 4. The van der Waals surface area contributed by atoms with Gasteiger partial charge in [-0.15, -0.1) is 0 Å². The number of ketones is 1. The van der Waals surface area contributed by atoms with E-state index in [2.05, 4.69) is 26.2 Å². The van der Waals surface area contributed by atoms with Crippen LogP contribution in [0.2, 0.25) is 0 Å². The Morgan fingerprint density at radius 1 is 1.07 bits per heavy atom. The number of carbonyl (C=O) groups excluding carboxylic acids is 2. The Kier molecular flexibility index (Phi) is 6.89. The van der Waals surface area contributed by atoms with Crippen LogP contribution in [0.3, 0.4) is 0 Å². The summed E-state index contributed by atoms with van der Waals surface area (Å²) in [5, 5.41) is 13.2. The molecule has 0 aliphatic heterocycles. The molecule has 29 heavy (non-hydrogen) atoms. The van der Waals surface area contributed by atoms with Gasteiger partial charge in [0.05, 0.1) is 0 Å². The van der Waals surface area contributed by atoms with Crippen LogP contribution in [0.1, 0.15) is 68.7 Å². The zero-order chi connectivity index (χ0) is 22.0. The molecule has 156 valence electrons. The molecule has 1 heterocycles. The summed E-state index contributed by atoms with van der Waals surface area (Å²) in [6, 6.07) is 6.91. The number of amides is 1. The molecule has 6 heteroatoms. The molecule has 5 nitrogen and oxygen atoms in total. The average Bonchev–Trinajstić information content (AvgIpc) is 2.55. The monoisotopic (exact) mass is 460 g/mol. The van der Waals surface area contributed by atoms with E-state index >= 15 is 0 Å². The fraction of sp³-hybridized carbons (Fsp3) is 0.435. The fourth-order valence-electron chi connectivity index (χ4n) is 2.96.